The van der Waals surface area contributed by atoms with Gasteiger partial charge in [-0.3, -0.25) is 0 Å². The van der Waals surface area contributed by atoms with Crippen LogP contribution in [-0.2, 0) is 12.8 Å². The summed E-state index contributed by atoms with van der Waals surface area (Å²) in [5.74, 6) is 2.60. The van der Waals surface area contributed by atoms with Crippen LogP contribution in [0.5, 0.6) is 11.5 Å². The fraction of sp³-hybridized carbons (Fsp3) is 0.333. The van der Waals surface area contributed by atoms with Crippen LogP contribution in [0.4, 0.5) is 0 Å². The molecule has 1 aliphatic heterocycles. The summed E-state index contributed by atoms with van der Waals surface area (Å²) in [6.45, 7) is 4.72. The minimum absolute atomic E-state index is 0.0118. The van der Waals surface area contributed by atoms with Crippen LogP contribution in [-0.4, -0.2) is 28.6 Å². The van der Waals surface area contributed by atoms with Gasteiger partial charge in [-0.1, -0.05) is 49.0 Å². The predicted octanol–water partition coefficient (Wildman–Crippen LogP) is 4.19. The third-order valence-electron chi connectivity index (χ3n) is 4.75. The van der Waals surface area contributed by atoms with Crippen molar-refractivity contribution in [3.8, 4) is 11.5 Å². The Kier molecular flexibility index (Phi) is 5.43. The molecule has 3 aromatic rings. The van der Waals surface area contributed by atoms with E-state index >= 15 is 0 Å². The second kappa shape index (κ2) is 8.14. The molecule has 0 amide bonds. The molecule has 1 N–H and O–H groups in total. The average Bonchev–Trinajstić information content (AvgIpc) is 3.30. The standard InChI is InChI=1S/C21H24N4O2S/c1-4-15-12-16(18(27-5-2)13-17(15)26-3)20-24-25-19(22-23-21(25)28-20)11-14-9-7-6-8-10-14/h6-10,12-13,20,24H,4-5,11H2,1-3H3. The van der Waals surface area contributed by atoms with Gasteiger partial charge in [-0.2, -0.15) is 0 Å². The van der Waals surface area contributed by atoms with Crippen LogP contribution >= 0.6 is 11.8 Å². The third kappa shape index (κ3) is 3.54. The minimum atomic E-state index is 0.0118. The highest BCUT2D eigenvalue weighted by Crippen LogP contribution is 2.44. The number of nitrogens with zero attached hydrogens (tertiary/aromatic N) is 3. The highest BCUT2D eigenvalue weighted by molar-refractivity contribution is 7.99. The molecule has 2 heterocycles. The summed E-state index contributed by atoms with van der Waals surface area (Å²) in [5, 5.41) is 9.61. The van der Waals surface area contributed by atoms with Gasteiger partial charge in [-0.05, 0) is 30.5 Å². The van der Waals surface area contributed by atoms with Crippen molar-refractivity contribution in [2.45, 2.75) is 37.2 Å². The van der Waals surface area contributed by atoms with Crippen molar-refractivity contribution in [3.05, 3.63) is 65.0 Å². The van der Waals surface area contributed by atoms with E-state index in [4.69, 9.17) is 9.47 Å². The van der Waals surface area contributed by atoms with E-state index in [1.807, 2.05) is 35.9 Å². The van der Waals surface area contributed by atoms with Gasteiger partial charge in [0.15, 0.2) is 5.82 Å². The van der Waals surface area contributed by atoms with E-state index in [9.17, 15) is 0 Å². The van der Waals surface area contributed by atoms with Crippen LogP contribution in [0.25, 0.3) is 0 Å². The van der Waals surface area contributed by atoms with Crippen LogP contribution in [0, 0.1) is 0 Å². The monoisotopic (exact) mass is 396 g/mol. The Morgan fingerprint density at radius 1 is 1.11 bits per heavy atom. The van der Waals surface area contributed by atoms with Crippen LogP contribution in [0.3, 0.4) is 0 Å². The smallest absolute Gasteiger partial charge is 0.212 e. The largest absolute Gasteiger partial charge is 0.496 e. The number of nitrogens with one attached hydrogen (secondary N) is 1. The molecule has 146 valence electrons. The first-order valence-electron chi connectivity index (χ1n) is 9.48. The maximum atomic E-state index is 5.91. The lowest BCUT2D eigenvalue weighted by Gasteiger charge is -2.19. The van der Waals surface area contributed by atoms with E-state index in [0.717, 1.165) is 46.4 Å². The van der Waals surface area contributed by atoms with Crippen LogP contribution < -0.4 is 14.9 Å². The molecular formula is C21H24N4O2S. The molecule has 4 rings (SSSR count). The van der Waals surface area contributed by atoms with Crippen molar-refractivity contribution in [2.24, 2.45) is 0 Å². The third-order valence-corrected chi connectivity index (χ3v) is 5.82. The Morgan fingerprint density at radius 3 is 2.64 bits per heavy atom. The summed E-state index contributed by atoms with van der Waals surface area (Å²) in [5.41, 5.74) is 7.01. The molecule has 7 heteroatoms. The van der Waals surface area contributed by atoms with Gasteiger partial charge in [0, 0.05) is 18.1 Å². The Bertz CT molecular complexity index is 959. The lowest BCUT2D eigenvalue weighted by molar-refractivity contribution is 0.332. The van der Waals surface area contributed by atoms with E-state index < -0.39 is 0 Å². The molecule has 0 fully saturated rings. The lowest BCUT2D eigenvalue weighted by atomic mass is 10.1. The highest BCUT2D eigenvalue weighted by Gasteiger charge is 2.30. The van der Waals surface area contributed by atoms with Crippen LogP contribution in [0.1, 0.15) is 41.7 Å². The number of aryl methyl sites for hydroxylation is 1. The van der Waals surface area contributed by atoms with Crippen molar-refractivity contribution >= 4 is 11.8 Å². The molecule has 0 saturated carbocycles. The molecule has 0 bridgehead atoms. The fourth-order valence-electron chi connectivity index (χ4n) is 3.36. The van der Waals surface area contributed by atoms with Crippen molar-refractivity contribution in [1.29, 1.82) is 0 Å². The van der Waals surface area contributed by atoms with Crippen molar-refractivity contribution in [2.75, 3.05) is 19.1 Å². The number of benzene rings is 2. The summed E-state index contributed by atoms with van der Waals surface area (Å²) in [6.07, 6.45) is 1.63. The molecule has 1 aliphatic rings. The number of methoxy groups -OCH3 is 1. The Balaban J connectivity index is 1.62. The Labute approximate surface area is 169 Å². The molecule has 0 radical (unpaired) electrons. The van der Waals surface area contributed by atoms with E-state index in [0.29, 0.717) is 6.61 Å². The zero-order chi connectivity index (χ0) is 19.5. The first kappa shape index (κ1) is 18.7. The fourth-order valence-corrected chi connectivity index (χ4v) is 4.39. The summed E-state index contributed by atoms with van der Waals surface area (Å²) in [7, 11) is 1.70. The molecule has 28 heavy (non-hydrogen) atoms. The second-order valence-electron chi connectivity index (χ2n) is 6.51. The first-order valence-corrected chi connectivity index (χ1v) is 10.4. The van der Waals surface area contributed by atoms with Crippen molar-refractivity contribution in [3.63, 3.8) is 0 Å². The van der Waals surface area contributed by atoms with Gasteiger partial charge in [0.25, 0.3) is 0 Å². The minimum Gasteiger partial charge on any atom is -0.496 e. The number of aromatic nitrogens is 3. The van der Waals surface area contributed by atoms with Crippen LogP contribution in [0.2, 0.25) is 0 Å². The van der Waals surface area contributed by atoms with E-state index in [2.05, 4.69) is 40.7 Å². The number of hydrogen-bond acceptors (Lipinski definition) is 6. The summed E-state index contributed by atoms with van der Waals surface area (Å²) < 4.78 is 13.4. The highest BCUT2D eigenvalue weighted by atomic mass is 32.2. The zero-order valence-corrected chi connectivity index (χ0v) is 17.1. The first-order chi connectivity index (χ1) is 13.7. The SMILES string of the molecule is CCOc1cc(OC)c(CC)cc1C1Nn2c(Cc3ccccc3)nnc2S1. The van der Waals surface area contributed by atoms with Gasteiger partial charge < -0.3 is 14.9 Å². The van der Waals surface area contributed by atoms with Gasteiger partial charge >= 0.3 is 0 Å². The molecule has 0 spiro atoms. The van der Waals surface area contributed by atoms with Crippen molar-refractivity contribution < 1.29 is 9.47 Å². The van der Waals surface area contributed by atoms with Crippen LogP contribution in [0.15, 0.2) is 47.6 Å². The topological polar surface area (TPSA) is 61.2 Å². The van der Waals surface area contributed by atoms with Gasteiger partial charge in [-0.25, -0.2) is 4.68 Å². The summed E-state index contributed by atoms with van der Waals surface area (Å²) in [6, 6.07) is 14.5. The van der Waals surface area contributed by atoms with E-state index in [1.165, 1.54) is 5.56 Å². The van der Waals surface area contributed by atoms with Gasteiger partial charge in [0.1, 0.15) is 16.9 Å². The molecule has 1 aromatic heterocycles. The second-order valence-corrected chi connectivity index (χ2v) is 7.58. The average molecular weight is 397 g/mol. The zero-order valence-electron chi connectivity index (χ0n) is 16.3. The van der Waals surface area contributed by atoms with Gasteiger partial charge in [0.2, 0.25) is 5.16 Å². The molecule has 6 nitrogen and oxygen atoms in total. The summed E-state index contributed by atoms with van der Waals surface area (Å²) >= 11 is 1.65. The molecule has 2 aromatic carbocycles. The van der Waals surface area contributed by atoms with Crippen molar-refractivity contribution in [1.82, 2.24) is 14.9 Å². The Hall–Kier alpha value is -2.67. The molecule has 0 saturated heterocycles. The lowest BCUT2D eigenvalue weighted by Crippen LogP contribution is -2.17. The maximum absolute atomic E-state index is 5.91. The van der Waals surface area contributed by atoms with Gasteiger partial charge in [-0.15, -0.1) is 10.2 Å². The maximum Gasteiger partial charge on any atom is 0.212 e. The normalized spacial score (nSPS) is 15.2. The molecule has 0 aliphatic carbocycles. The Morgan fingerprint density at radius 2 is 1.93 bits per heavy atom. The number of thioether (sulfide) groups is 1. The molecular weight excluding hydrogens is 372 g/mol. The predicted molar refractivity (Wildman–Crippen MR) is 111 cm³/mol. The summed E-state index contributed by atoms with van der Waals surface area (Å²) in [4.78, 5) is 0. The van der Waals surface area contributed by atoms with E-state index in [1.54, 1.807) is 18.9 Å². The molecule has 1 atom stereocenters. The number of rotatable bonds is 7. The number of fused-ring (bicyclic) bond motifs is 1. The quantitative estimate of drug-likeness (QED) is 0.646. The van der Waals surface area contributed by atoms with Gasteiger partial charge in [0.05, 0.1) is 13.7 Å². The molecule has 1 unspecified atom stereocenters. The van der Waals surface area contributed by atoms with E-state index in [-0.39, 0.29) is 5.37 Å². The number of hydrogen-bond donors (Lipinski definition) is 1. The number of ether oxygens (including phenoxy) is 2.